The molecule has 2 aliphatic rings. The highest BCUT2D eigenvalue weighted by molar-refractivity contribution is 5.78. The molecule has 0 aromatic heterocycles. The predicted octanol–water partition coefficient (Wildman–Crippen LogP) is 1.24. The molecule has 2 aliphatic heterocycles. The van der Waals surface area contributed by atoms with Crippen LogP contribution in [0.5, 0.6) is 0 Å². The largest absolute Gasteiger partial charge is 0.354 e. The minimum atomic E-state index is 0.149. The van der Waals surface area contributed by atoms with Crippen molar-refractivity contribution in [2.45, 2.75) is 45.4 Å². The molecular weight excluding hydrogens is 266 g/mol. The topological polar surface area (TPSA) is 52.7 Å². The quantitative estimate of drug-likeness (QED) is 0.769. The van der Waals surface area contributed by atoms with E-state index in [0.717, 1.165) is 38.9 Å². The SMILES string of the molecule is CCCN1CCC(CC(=O)NCCN2CCCC2=O)CC1. The highest BCUT2D eigenvalue weighted by atomic mass is 16.2. The van der Waals surface area contributed by atoms with Gasteiger partial charge >= 0.3 is 0 Å². The van der Waals surface area contributed by atoms with Crippen molar-refractivity contribution in [3.63, 3.8) is 0 Å². The zero-order chi connectivity index (χ0) is 15.1. The summed E-state index contributed by atoms with van der Waals surface area (Å²) in [6.07, 6.45) is 5.76. The number of piperidine rings is 1. The van der Waals surface area contributed by atoms with Crippen molar-refractivity contribution in [2.24, 2.45) is 5.92 Å². The maximum Gasteiger partial charge on any atom is 0.222 e. The Labute approximate surface area is 128 Å². The summed E-state index contributed by atoms with van der Waals surface area (Å²) in [5, 5.41) is 2.97. The first kappa shape index (κ1) is 16.3. The fourth-order valence-corrected chi connectivity index (χ4v) is 3.34. The van der Waals surface area contributed by atoms with Gasteiger partial charge in [0.25, 0.3) is 0 Å². The van der Waals surface area contributed by atoms with Crippen LogP contribution in [-0.4, -0.2) is 60.9 Å². The zero-order valence-electron chi connectivity index (χ0n) is 13.3. The van der Waals surface area contributed by atoms with E-state index in [1.54, 1.807) is 0 Å². The van der Waals surface area contributed by atoms with Gasteiger partial charge in [-0.2, -0.15) is 0 Å². The van der Waals surface area contributed by atoms with Crippen LogP contribution < -0.4 is 5.32 Å². The van der Waals surface area contributed by atoms with Gasteiger partial charge in [0.1, 0.15) is 0 Å². The van der Waals surface area contributed by atoms with Crippen LogP contribution in [0.2, 0.25) is 0 Å². The van der Waals surface area contributed by atoms with Crippen LogP contribution >= 0.6 is 0 Å². The van der Waals surface area contributed by atoms with Crippen LogP contribution in [-0.2, 0) is 9.59 Å². The van der Waals surface area contributed by atoms with E-state index in [0.29, 0.717) is 31.8 Å². The minimum absolute atomic E-state index is 0.149. The van der Waals surface area contributed by atoms with Crippen LogP contribution in [0.1, 0.15) is 45.4 Å². The van der Waals surface area contributed by atoms with Crippen LogP contribution in [0.25, 0.3) is 0 Å². The van der Waals surface area contributed by atoms with Gasteiger partial charge in [0, 0.05) is 32.5 Å². The van der Waals surface area contributed by atoms with E-state index < -0.39 is 0 Å². The van der Waals surface area contributed by atoms with Crippen LogP contribution in [0.15, 0.2) is 0 Å². The van der Waals surface area contributed by atoms with Gasteiger partial charge in [-0.3, -0.25) is 9.59 Å². The monoisotopic (exact) mass is 295 g/mol. The molecule has 0 spiro atoms. The highest BCUT2D eigenvalue weighted by Gasteiger charge is 2.22. The summed E-state index contributed by atoms with van der Waals surface area (Å²) >= 11 is 0. The van der Waals surface area contributed by atoms with Crippen LogP contribution in [0, 0.1) is 5.92 Å². The maximum absolute atomic E-state index is 11.9. The Morgan fingerprint density at radius 3 is 2.62 bits per heavy atom. The predicted molar refractivity (Wildman–Crippen MR) is 82.9 cm³/mol. The van der Waals surface area contributed by atoms with Crippen molar-refractivity contribution < 1.29 is 9.59 Å². The van der Waals surface area contributed by atoms with Gasteiger partial charge in [0.2, 0.25) is 11.8 Å². The molecule has 2 heterocycles. The van der Waals surface area contributed by atoms with Crippen molar-refractivity contribution in [1.82, 2.24) is 15.1 Å². The summed E-state index contributed by atoms with van der Waals surface area (Å²) in [6, 6.07) is 0. The van der Waals surface area contributed by atoms with E-state index >= 15 is 0 Å². The Morgan fingerprint density at radius 1 is 1.24 bits per heavy atom. The van der Waals surface area contributed by atoms with Crippen molar-refractivity contribution in [1.29, 1.82) is 0 Å². The molecule has 2 rings (SSSR count). The molecule has 0 aliphatic carbocycles. The second-order valence-electron chi connectivity index (χ2n) is 6.32. The average molecular weight is 295 g/mol. The number of likely N-dealkylation sites (tertiary alicyclic amines) is 2. The molecule has 0 unspecified atom stereocenters. The number of carbonyl (C=O) groups is 2. The van der Waals surface area contributed by atoms with E-state index in [-0.39, 0.29) is 11.8 Å². The fourth-order valence-electron chi connectivity index (χ4n) is 3.34. The normalized spacial score (nSPS) is 21.0. The van der Waals surface area contributed by atoms with Gasteiger partial charge in [-0.25, -0.2) is 0 Å². The van der Waals surface area contributed by atoms with Gasteiger partial charge in [-0.05, 0) is 51.2 Å². The van der Waals surface area contributed by atoms with Crippen molar-refractivity contribution >= 4 is 11.8 Å². The lowest BCUT2D eigenvalue weighted by Gasteiger charge is -2.31. The third-order valence-electron chi connectivity index (χ3n) is 4.60. The Morgan fingerprint density at radius 2 is 2.00 bits per heavy atom. The lowest BCUT2D eigenvalue weighted by molar-refractivity contribution is -0.128. The Bertz CT molecular complexity index is 351. The molecule has 2 amide bonds. The summed E-state index contributed by atoms with van der Waals surface area (Å²) in [6.45, 7) is 7.78. The van der Waals surface area contributed by atoms with Gasteiger partial charge in [-0.1, -0.05) is 6.92 Å². The summed E-state index contributed by atoms with van der Waals surface area (Å²) in [7, 11) is 0. The first-order chi connectivity index (χ1) is 10.2. The summed E-state index contributed by atoms with van der Waals surface area (Å²) < 4.78 is 0. The van der Waals surface area contributed by atoms with E-state index in [2.05, 4.69) is 17.1 Å². The molecule has 0 saturated carbocycles. The third kappa shape index (κ3) is 5.30. The number of amides is 2. The molecular formula is C16H29N3O2. The van der Waals surface area contributed by atoms with E-state index in [9.17, 15) is 9.59 Å². The Hall–Kier alpha value is -1.10. The van der Waals surface area contributed by atoms with Crippen molar-refractivity contribution in [2.75, 3.05) is 39.3 Å². The van der Waals surface area contributed by atoms with Crippen molar-refractivity contribution in [3.8, 4) is 0 Å². The first-order valence-electron chi connectivity index (χ1n) is 8.46. The second-order valence-corrected chi connectivity index (χ2v) is 6.32. The van der Waals surface area contributed by atoms with Crippen LogP contribution in [0.4, 0.5) is 0 Å². The number of rotatable bonds is 7. The summed E-state index contributed by atoms with van der Waals surface area (Å²) in [5.74, 6) is 0.912. The van der Waals surface area contributed by atoms with Gasteiger partial charge < -0.3 is 15.1 Å². The number of nitrogens with zero attached hydrogens (tertiary/aromatic N) is 2. The van der Waals surface area contributed by atoms with E-state index in [4.69, 9.17) is 0 Å². The molecule has 1 N–H and O–H groups in total. The lowest BCUT2D eigenvalue weighted by Crippen LogP contribution is -2.38. The summed E-state index contributed by atoms with van der Waals surface area (Å²) in [5.41, 5.74) is 0. The highest BCUT2D eigenvalue weighted by Crippen LogP contribution is 2.20. The minimum Gasteiger partial charge on any atom is -0.354 e. The third-order valence-corrected chi connectivity index (χ3v) is 4.60. The standard InChI is InChI=1S/C16H29N3O2/c1-2-8-18-10-5-14(6-11-18)13-15(20)17-7-12-19-9-3-4-16(19)21/h14H,2-13H2,1H3,(H,17,20). The smallest absolute Gasteiger partial charge is 0.222 e. The molecule has 2 saturated heterocycles. The van der Waals surface area contributed by atoms with Crippen molar-refractivity contribution in [3.05, 3.63) is 0 Å². The van der Waals surface area contributed by atoms with Gasteiger partial charge in [-0.15, -0.1) is 0 Å². The Balaban J connectivity index is 1.56. The second kappa shape index (κ2) is 8.37. The molecule has 5 nitrogen and oxygen atoms in total. The van der Waals surface area contributed by atoms with Crippen LogP contribution in [0.3, 0.4) is 0 Å². The molecule has 21 heavy (non-hydrogen) atoms. The molecule has 0 atom stereocenters. The molecule has 0 bridgehead atoms. The van der Waals surface area contributed by atoms with E-state index in [1.165, 1.54) is 13.0 Å². The number of nitrogens with one attached hydrogen (secondary N) is 1. The number of carbonyl (C=O) groups excluding carboxylic acids is 2. The molecule has 0 radical (unpaired) electrons. The molecule has 5 heteroatoms. The molecule has 0 aromatic rings. The number of hydrogen-bond donors (Lipinski definition) is 1. The fraction of sp³-hybridized carbons (Fsp3) is 0.875. The Kier molecular flexibility index (Phi) is 6.49. The van der Waals surface area contributed by atoms with Gasteiger partial charge in [0.05, 0.1) is 0 Å². The first-order valence-corrected chi connectivity index (χ1v) is 8.46. The van der Waals surface area contributed by atoms with Gasteiger partial charge in [0.15, 0.2) is 0 Å². The summed E-state index contributed by atoms with van der Waals surface area (Å²) in [4.78, 5) is 27.7. The maximum atomic E-state index is 11.9. The molecule has 2 fully saturated rings. The molecule has 120 valence electrons. The average Bonchev–Trinajstić information content (AvgIpc) is 2.87. The lowest BCUT2D eigenvalue weighted by atomic mass is 9.93. The molecule has 0 aromatic carbocycles. The van der Waals surface area contributed by atoms with E-state index in [1.807, 2.05) is 4.90 Å². The zero-order valence-corrected chi connectivity index (χ0v) is 13.3. The number of hydrogen-bond acceptors (Lipinski definition) is 3.